The SMILES string of the molecule is CN1OC2=C(C(=O)C=C2)C1N1CNC(=O)C2CCCC=C21. The zero-order chi connectivity index (χ0) is 14.6. The number of amides is 1. The summed E-state index contributed by atoms with van der Waals surface area (Å²) in [5.74, 6) is 0.598. The molecule has 110 valence electrons. The van der Waals surface area contributed by atoms with Crippen LogP contribution in [0.5, 0.6) is 0 Å². The van der Waals surface area contributed by atoms with Crippen LogP contribution in [0.25, 0.3) is 0 Å². The molecule has 1 saturated heterocycles. The second-order valence-electron chi connectivity index (χ2n) is 5.77. The van der Waals surface area contributed by atoms with Crippen molar-refractivity contribution in [3.05, 3.63) is 35.3 Å². The number of hydrogen-bond acceptors (Lipinski definition) is 5. The molecular formula is C15H17N3O3. The molecule has 4 rings (SSSR count). The number of hydroxylamine groups is 2. The van der Waals surface area contributed by atoms with Gasteiger partial charge in [0, 0.05) is 12.7 Å². The summed E-state index contributed by atoms with van der Waals surface area (Å²) in [5.41, 5.74) is 1.69. The predicted molar refractivity (Wildman–Crippen MR) is 74.1 cm³/mol. The van der Waals surface area contributed by atoms with Gasteiger partial charge in [-0.3, -0.25) is 9.59 Å². The van der Waals surface area contributed by atoms with Gasteiger partial charge in [0.2, 0.25) is 5.91 Å². The minimum absolute atomic E-state index is 0.00999. The molecule has 0 bridgehead atoms. The van der Waals surface area contributed by atoms with E-state index in [-0.39, 0.29) is 23.8 Å². The lowest BCUT2D eigenvalue weighted by Gasteiger charge is -2.43. The maximum atomic E-state index is 12.1. The van der Waals surface area contributed by atoms with E-state index >= 15 is 0 Å². The van der Waals surface area contributed by atoms with E-state index in [1.165, 1.54) is 0 Å². The van der Waals surface area contributed by atoms with Crippen LogP contribution in [0.2, 0.25) is 0 Å². The predicted octanol–water partition coefficient (Wildman–Crippen LogP) is 0.656. The fourth-order valence-corrected chi connectivity index (χ4v) is 3.58. The number of ketones is 1. The van der Waals surface area contributed by atoms with Gasteiger partial charge in [-0.25, -0.2) is 0 Å². The highest BCUT2D eigenvalue weighted by molar-refractivity contribution is 6.08. The van der Waals surface area contributed by atoms with E-state index in [0.29, 0.717) is 18.0 Å². The van der Waals surface area contributed by atoms with Gasteiger partial charge in [-0.15, -0.1) is 5.06 Å². The van der Waals surface area contributed by atoms with Crippen molar-refractivity contribution in [3.8, 4) is 0 Å². The van der Waals surface area contributed by atoms with Gasteiger partial charge in [-0.1, -0.05) is 6.08 Å². The van der Waals surface area contributed by atoms with Gasteiger partial charge >= 0.3 is 0 Å². The fourth-order valence-electron chi connectivity index (χ4n) is 3.58. The maximum absolute atomic E-state index is 12.1. The first kappa shape index (κ1) is 12.6. The van der Waals surface area contributed by atoms with Crippen LogP contribution in [0.3, 0.4) is 0 Å². The van der Waals surface area contributed by atoms with Crippen molar-refractivity contribution in [2.45, 2.75) is 25.4 Å². The third-order valence-corrected chi connectivity index (χ3v) is 4.54. The number of carbonyl (C=O) groups is 2. The minimum atomic E-state index is -0.269. The van der Waals surface area contributed by atoms with Gasteiger partial charge in [-0.2, -0.15) is 0 Å². The van der Waals surface area contributed by atoms with Crippen LogP contribution in [0, 0.1) is 5.92 Å². The molecule has 1 N–H and O–H groups in total. The second-order valence-corrected chi connectivity index (χ2v) is 5.77. The highest BCUT2D eigenvalue weighted by Crippen LogP contribution is 2.38. The Kier molecular flexibility index (Phi) is 2.68. The second kappa shape index (κ2) is 4.46. The Labute approximate surface area is 122 Å². The molecule has 1 fully saturated rings. The van der Waals surface area contributed by atoms with Gasteiger partial charge in [0.15, 0.2) is 17.7 Å². The Bertz CT molecular complexity index is 620. The number of nitrogens with one attached hydrogen (secondary N) is 1. The van der Waals surface area contributed by atoms with Gasteiger partial charge < -0.3 is 15.1 Å². The van der Waals surface area contributed by atoms with E-state index in [1.54, 1.807) is 17.2 Å². The Morgan fingerprint density at radius 2 is 2.19 bits per heavy atom. The van der Waals surface area contributed by atoms with Crippen LogP contribution in [0.15, 0.2) is 35.3 Å². The lowest BCUT2D eigenvalue weighted by Crippen LogP contribution is -2.56. The smallest absolute Gasteiger partial charge is 0.230 e. The molecule has 2 aliphatic heterocycles. The lowest BCUT2D eigenvalue weighted by atomic mass is 9.88. The van der Waals surface area contributed by atoms with Crippen molar-refractivity contribution in [1.82, 2.24) is 15.3 Å². The van der Waals surface area contributed by atoms with Crippen molar-refractivity contribution in [2.75, 3.05) is 13.7 Å². The first-order valence-corrected chi connectivity index (χ1v) is 7.28. The van der Waals surface area contributed by atoms with Crippen molar-refractivity contribution in [3.63, 3.8) is 0 Å². The van der Waals surface area contributed by atoms with Gasteiger partial charge in [-0.05, 0) is 31.4 Å². The molecule has 0 spiro atoms. The molecule has 6 nitrogen and oxygen atoms in total. The highest BCUT2D eigenvalue weighted by atomic mass is 16.7. The van der Waals surface area contributed by atoms with E-state index in [1.807, 2.05) is 7.05 Å². The van der Waals surface area contributed by atoms with Gasteiger partial charge in [0.1, 0.15) is 0 Å². The summed E-state index contributed by atoms with van der Waals surface area (Å²) in [6, 6.07) is 0. The summed E-state index contributed by atoms with van der Waals surface area (Å²) >= 11 is 0. The van der Waals surface area contributed by atoms with Crippen molar-refractivity contribution >= 4 is 11.7 Å². The number of allylic oxidation sites excluding steroid dienone is 3. The standard InChI is InChI=1S/C15H17N3O3/c1-17-15(13-11(19)6-7-12(13)21-17)18-8-16-14(20)9-4-2-3-5-10(9)18/h5-7,9,15H,2-4,8H2,1H3,(H,16,20). The van der Waals surface area contributed by atoms with Crippen LogP contribution >= 0.6 is 0 Å². The minimum Gasteiger partial charge on any atom is -0.403 e. The van der Waals surface area contributed by atoms with Crippen LogP contribution in [-0.4, -0.2) is 41.5 Å². The summed E-state index contributed by atoms with van der Waals surface area (Å²) in [7, 11) is 1.82. The summed E-state index contributed by atoms with van der Waals surface area (Å²) in [6.45, 7) is 0.406. The molecule has 0 aromatic heterocycles. The number of hydrogen-bond donors (Lipinski definition) is 1. The summed E-state index contributed by atoms with van der Waals surface area (Å²) in [6.07, 6.45) is 7.99. The van der Waals surface area contributed by atoms with E-state index in [0.717, 1.165) is 25.0 Å². The fraction of sp³-hybridized carbons (Fsp3) is 0.467. The molecule has 0 aromatic rings. The normalized spacial score (nSPS) is 31.9. The van der Waals surface area contributed by atoms with Crippen molar-refractivity contribution in [1.29, 1.82) is 0 Å². The number of rotatable bonds is 1. The number of fused-ring (bicyclic) bond motifs is 1. The van der Waals surface area contributed by atoms with E-state index in [9.17, 15) is 9.59 Å². The molecule has 2 heterocycles. The molecule has 2 atom stereocenters. The van der Waals surface area contributed by atoms with Gasteiger partial charge in [0.05, 0.1) is 18.2 Å². The van der Waals surface area contributed by atoms with Crippen LogP contribution in [0.1, 0.15) is 19.3 Å². The first-order chi connectivity index (χ1) is 10.2. The van der Waals surface area contributed by atoms with E-state index in [2.05, 4.69) is 16.3 Å². The first-order valence-electron chi connectivity index (χ1n) is 7.28. The lowest BCUT2D eigenvalue weighted by molar-refractivity contribution is -0.142. The molecule has 2 aliphatic carbocycles. The molecule has 4 aliphatic rings. The Morgan fingerprint density at radius 3 is 3.05 bits per heavy atom. The van der Waals surface area contributed by atoms with Crippen LogP contribution in [0.4, 0.5) is 0 Å². The van der Waals surface area contributed by atoms with Crippen LogP contribution < -0.4 is 5.32 Å². The third kappa shape index (κ3) is 1.75. The molecule has 1 amide bonds. The molecule has 21 heavy (non-hydrogen) atoms. The molecule has 6 heteroatoms. The largest absolute Gasteiger partial charge is 0.403 e. The summed E-state index contributed by atoms with van der Waals surface area (Å²) in [4.78, 5) is 31.9. The monoisotopic (exact) mass is 287 g/mol. The number of carbonyl (C=O) groups excluding carboxylic acids is 2. The quantitative estimate of drug-likeness (QED) is 0.767. The zero-order valence-electron chi connectivity index (χ0n) is 11.8. The average molecular weight is 287 g/mol. The van der Waals surface area contributed by atoms with E-state index < -0.39 is 0 Å². The zero-order valence-corrected chi connectivity index (χ0v) is 11.8. The molecule has 0 aromatic carbocycles. The summed E-state index contributed by atoms with van der Waals surface area (Å²) < 4.78 is 0. The molecule has 0 saturated carbocycles. The molecule has 2 unspecified atom stereocenters. The van der Waals surface area contributed by atoms with Gasteiger partial charge in [0.25, 0.3) is 0 Å². The van der Waals surface area contributed by atoms with Crippen molar-refractivity contribution in [2.24, 2.45) is 5.92 Å². The van der Waals surface area contributed by atoms with Crippen LogP contribution in [-0.2, 0) is 14.4 Å². The third-order valence-electron chi connectivity index (χ3n) is 4.54. The summed E-state index contributed by atoms with van der Waals surface area (Å²) in [5, 5.41) is 4.62. The number of nitrogens with zero attached hydrogens (tertiary/aromatic N) is 2. The topological polar surface area (TPSA) is 61.9 Å². The average Bonchev–Trinajstić information content (AvgIpc) is 3.00. The Balaban J connectivity index is 1.71. The van der Waals surface area contributed by atoms with E-state index in [4.69, 9.17) is 4.84 Å². The number of likely N-dealkylation sites (N-methyl/N-ethyl adjacent to an activating group) is 1. The molecular weight excluding hydrogens is 270 g/mol. The highest BCUT2D eigenvalue weighted by Gasteiger charge is 2.45. The maximum Gasteiger partial charge on any atom is 0.230 e. The Hall–Kier alpha value is -2.08. The molecule has 0 radical (unpaired) electrons. The Morgan fingerprint density at radius 1 is 1.33 bits per heavy atom. The van der Waals surface area contributed by atoms with Crippen molar-refractivity contribution < 1.29 is 14.4 Å².